The number of carbonyl (C=O) groups is 1. The number of rotatable bonds is 16. The number of nitrogens with one attached hydrogen (secondary N) is 1. The summed E-state index contributed by atoms with van der Waals surface area (Å²) in [5.41, 5.74) is 3.17. The zero-order valence-electron chi connectivity index (χ0n) is 39.7. The maximum atomic E-state index is 14.2. The first-order valence-corrected chi connectivity index (χ1v) is 23.6. The Morgan fingerprint density at radius 1 is 0.778 bits per heavy atom. The quantitative estimate of drug-likeness (QED) is 0.0512. The fourth-order valence-corrected chi connectivity index (χ4v) is 9.88. The van der Waals surface area contributed by atoms with Gasteiger partial charge in [-0.25, -0.2) is 14.8 Å². The monoisotopic (exact) mass is 975 g/mol. The number of methoxy groups -OCH3 is 2. The van der Waals surface area contributed by atoms with Gasteiger partial charge in [0.05, 0.1) is 63.1 Å². The van der Waals surface area contributed by atoms with Crippen molar-refractivity contribution in [1.82, 2.24) is 24.0 Å². The van der Waals surface area contributed by atoms with Crippen LogP contribution in [0.4, 0.5) is 33.5 Å². The van der Waals surface area contributed by atoms with Crippen molar-refractivity contribution in [3.63, 3.8) is 0 Å². The average Bonchev–Trinajstić information content (AvgIpc) is 4.23. The highest BCUT2D eigenvalue weighted by molar-refractivity contribution is 6.00. The van der Waals surface area contributed by atoms with E-state index in [1.807, 2.05) is 146 Å². The standard InChI is InChI=1S/C54H55N8O10/c1-34(42-28-60(32-57-42)53(67)61(38-15-9-5-10-16-38)39-17-11-6-12-18-39)59-50-47-51(56-31-55-50)62(33-58-47,46-27-43(64)44(29-63)71-46)52-49(66)48(65)45(72-52)30-70-54(35-13-7-4-8-14-35,36-19-23-40(68-2)24-20-36)37-21-25-41(69-3)26-22-37/h4-26,28,31-34,43-46,48-49,52,63-66H,27,29-30H2,1-3H3,(H,55,56,59)/q+1/t34?,43-,44+,45+,46-,48+,49+,52+,62?/m0/s1. The second-order valence-electron chi connectivity index (χ2n) is 17.8. The fraction of sp³-hybridized carbons (Fsp3) is 0.278. The molecule has 0 radical (unpaired) electrons. The van der Waals surface area contributed by atoms with E-state index in [0.717, 1.165) is 16.7 Å². The first-order valence-electron chi connectivity index (χ1n) is 23.6. The van der Waals surface area contributed by atoms with E-state index in [4.69, 9.17) is 33.7 Å². The molecule has 2 saturated heterocycles. The van der Waals surface area contributed by atoms with Gasteiger partial charge in [0.2, 0.25) is 18.8 Å². The Balaban J connectivity index is 0.962. The highest BCUT2D eigenvalue weighted by Gasteiger charge is 2.64. The molecule has 0 saturated carbocycles. The molecule has 0 spiro atoms. The molecule has 5 aromatic carbocycles. The summed E-state index contributed by atoms with van der Waals surface area (Å²) >= 11 is 0. The lowest BCUT2D eigenvalue weighted by atomic mass is 9.80. The Bertz CT molecular complexity index is 2900. The van der Waals surface area contributed by atoms with Gasteiger partial charge in [-0.05, 0) is 72.1 Å². The smallest absolute Gasteiger partial charge is 0.338 e. The number of fused-ring (bicyclic) bond motifs is 1. The van der Waals surface area contributed by atoms with Crippen LogP contribution in [0.3, 0.4) is 0 Å². The number of hydrogen-bond donors (Lipinski definition) is 5. The van der Waals surface area contributed by atoms with Crippen molar-refractivity contribution in [2.75, 3.05) is 37.7 Å². The molecule has 2 unspecified atom stereocenters. The van der Waals surface area contributed by atoms with Crippen LogP contribution in [0.2, 0.25) is 0 Å². The number of aliphatic hydroxyl groups is 4. The van der Waals surface area contributed by atoms with Crippen LogP contribution >= 0.6 is 0 Å². The maximum Gasteiger partial charge on any atom is 0.338 e. The number of para-hydroxylation sites is 2. The summed E-state index contributed by atoms with van der Waals surface area (Å²) in [6.45, 7) is 1.15. The summed E-state index contributed by atoms with van der Waals surface area (Å²) in [5.74, 6) is 1.82. The third-order valence-corrected chi connectivity index (χ3v) is 13.6. The summed E-state index contributed by atoms with van der Waals surface area (Å²) in [6.07, 6.45) is -2.65. The number of hydrogen-bond acceptors (Lipinski definition) is 15. The summed E-state index contributed by atoms with van der Waals surface area (Å²) in [6, 6.07) is 42.5. The predicted octanol–water partition coefficient (Wildman–Crippen LogP) is 6.57. The number of imidazole rings is 1. The van der Waals surface area contributed by atoms with Gasteiger partial charge in [0, 0.05) is 6.20 Å². The Hall–Kier alpha value is -7.39. The van der Waals surface area contributed by atoms with Crippen molar-refractivity contribution >= 4 is 41.1 Å². The van der Waals surface area contributed by atoms with Gasteiger partial charge in [-0.1, -0.05) is 91.0 Å². The van der Waals surface area contributed by atoms with Gasteiger partial charge >= 0.3 is 6.03 Å². The van der Waals surface area contributed by atoms with E-state index >= 15 is 0 Å². The first-order chi connectivity index (χ1) is 35.1. The molecule has 5 heterocycles. The second-order valence-corrected chi connectivity index (χ2v) is 17.8. The Labute approximate surface area is 415 Å². The Morgan fingerprint density at radius 3 is 1.93 bits per heavy atom. The van der Waals surface area contributed by atoms with Gasteiger partial charge in [-0.15, -0.1) is 0 Å². The fourth-order valence-electron chi connectivity index (χ4n) is 9.88. The topological polar surface area (TPSA) is 215 Å². The number of quaternary nitrogens is 1. The van der Waals surface area contributed by atoms with Crippen molar-refractivity contribution < 1.29 is 48.9 Å². The van der Waals surface area contributed by atoms with E-state index in [-0.39, 0.29) is 36.4 Å². The van der Waals surface area contributed by atoms with E-state index in [1.165, 1.54) is 23.6 Å². The maximum absolute atomic E-state index is 14.2. The molecule has 18 nitrogen and oxygen atoms in total. The van der Waals surface area contributed by atoms with E-state index in [0.29, 0.717) is 28.6 Å². The average molecular weight is 976 g/mol. The van der Waals surface area contributed by atoms with Crippen molar-refractivity contribution in [3.05, 3.63) is 181 Å². The Kier molecular flexibility index (Phi) is 13.7. The lowest BCUT2D eigenvalue weighted by molar-refractivity contribution is -0.141. The van der Waals surface area contributed by atoms with E-state index < -0.39 is 65.7 Å². The molecule has 0 bridgehead atoms. The number of ether oxygens (including phenoxy) is 5. The van der Waals surface area contributed by atoms with E-state index in [9.17, 15) is 25.2 Å². The minimum Gasteiger partial charge on any atom is -0.497 e. The molecular formula is C54H55N8O10+. The molecule has 2 fully saturated rings. The van der Waals surface area contributed by atoms with Crippen LogP contribution in [0.25, 0.3) is 0 Å². The number of nitrogens with zero attached hydrogens (tertiary/aromatic N) is 7. The zero-order valence-corrected chi connectivity index (χ0v) is 39.7. The molecule has 10 rings (SSSR count). The SMILES string of the molecule is COc1ccc(C(OC[C@H]2O[C@@H]([N+]3([C@@H]4C[C@H](O)[C@@H](CO)O4)C=Nc4c(NC(C)c5cn(C(=O)N(c6ccccc6)c6ccccc6)cn5)ncnc43)[C@H](O)[C@@H]2O)(c2ccccc2)c2ccc(OC)cc2)cc1. The van der Waals surface area contributed by atoms with Gasteiger partial charge in [0.15, 0.2) is 17.6 Å². The molecular weight excluding hydrogens is 921 g/mol. The number of benzene rings is 5. The lowest BCUT2D eigenvalue weighted by Gasteiger charge is -2.40. The first kappa shape index (κ1) is 48.2. The predicted molar refractivity (Wildman–Crippen MR) is 267 cm³/mol. The number of amides is 1. The molecule has 370 valence electrons. The minimum absolute atomic E-state index is 0.00972. The van der Waals surface area contributed by atoms with Crippen LogP contribution in [-0.4, -0.2) is 123 Å². The van der Waals surface area contributed by atoms with Crippen molar-refractivity contribution in [1.29, 1.82) is 0 Å². The molecule has 3 aliphatic heterocycles. The van der Waals surface area contributed by atoms with Gasteiger partial charge in [0.1, 0.15) is 48.1 Å². The van der Waals surface area contributed by atoms with Gasteiger partial charge in [0.25, 0.3) is 5.82 Å². The third-order valence-electron chi connectivity index (χ3n) is 13.6. The Morgan fingerprint density at radius 2 is 1.36 bits per heavy atom. The largest absolute Gasteiger partial charge is 0.497 e. The lowest BCUT2D eigenvalue weighted by Crippen LogP contribution is -2.65. The molecule has 1 amide bonds. The van der Waals surface area contributed by atoms with Gasteiger partial charge < -0.3 is 49.4 Å². The van der Waals surface area contributed by atoms with Crippen LogP contribution in [-0.2, 0) is 19.8 Å². The van der Waals surface area contributed by atoms with E-state index in [2.05, 4.69) is 15.3 Å². The third kappa shape index (κ3) is 8.67. The molecule has 0 aliphatic carbocycles. The highest BCUT2D eigenvalue weighted by atomic mass is 16.6. The van der Waals surface area contributed by atoms with Gasteiger partial charge in [-0.3, -0.25) is 9.47 Å². The normalized spacial score (nSPS) is 23.9. The molecule has 72 heavy (non-hydrogen) atoms. The van der Waals surface area contributed by atoms with Crippen LogP contribution < -0.4 is 24.2 Å². The van der Waals surface area contributed by atoms with Crippen LogP contribution in [0, 0.1) is 0 Å². The summed E-state index contributed by atoms with van der Waals surface area (Å²) in [7, 11) is 3.19. The number of anilines is 3. The number of aliphatic imine (C=N–C) groups is 1. The molecule has 9 atom stereocenters. The number of aromatic nitrogens is 4. The molecule has 5 N–H and O–H groups in total. The number of aliphatic hydroxyl groups excluding tert-OH is 4. The molecule has 2 aromatic heterocycles. The number of carbonyl (C=O) groups excluding carboxylic acids is 1. The van der Waals surface area contributed by atoms with Crippen LogP contribution in [0.15, 0.2) is 163 Å². The minimum atomic E-state index is -1.57. The summed E-state index contributed by atoms with van der Waals surface area (Å²) in [5, 5.41) is 49.0. The zero-order chi connectivity index (χ0) is 50.0. The molecule has 3 aliphatic rings. The molecule has 7 aromatic rings. The van der Waals surface area contributed by atoms with Crippen molar-refractivity contribution in [3.8, 4) is 11.5 Å². The highest BCUT2D eigenvalue weighted by Crippen LogP contribution is 2.50. The molecule has 18 heteroatoms. The summed E-state index contributed by atoms with van der Waals surface area (Å²) in [4.78, 5) is 34.5. The van der Waals surface area contributed by atoms with Crippen LogP contribution in [0.1, 0.15) is 41.8 Å². The van der Waals surface area contributed by atoms with Crippen molar-refractivity contribution in [2.24, 2.45) is 4.99 Å². The van der Waals surface area contributed by atoms with Crippen LogP contribution in [0.5, 0.6) is 11.5 Å². The summed E-state index contributed by atoms with van der Waals surface area (Å²) < 4.78 is 32.2. The van der Waals surface area contributed by atoms with Gasteiger partial charge in [-0.2, -0.15) is 14.5 Å². The van der Waals surface area contributed by atoms with Crippen molar-refractivity contribution in [2.45, 2.75) is 68.0 Å². The second kappa shape index (κ2) is 20.4. The van der Waals surface area contributed by atoms with E-state index in [1.54, 1.807) is 25.3 Å².